The normalized spacial score (nSPS) is 10.6. The maximum atomic E-state index is 5.33. The van der Waals surface area contributed by atoms with Crippen LogP contribution >= 0.6 is 0 Å². The van der Waals surface area contributed by atoms with E-state index in [1.165, 1.54) is 0 Å². The monoisotopic (exact) mass is 221 g/mol. The van der Waals surface area contributed by atoms with Crippen LogP contribution in [0.15, 0.2) is 23.3 Å². The van der Waals surface area contributed by atoms with Crippen LogP contribution < -0.4 is 9.64 Å². The molecule has 0 amide bonds. The molecule has 0 bridgehead atoms. The number of benzene rings is 1. The summed E-state index contributed by atoms with van der Waals surface area (Å²) in [6.07, 6.45) is 1.79. The van der Waals surface area contributed by atoms with Crippen LogP contribution in [0.2, 0.25) is 0 Å². The molecule has 4 heteroatoms. The lowest BCUT2D eigenvalue weighted by atomic mass is 10.2. The Kier molecular flexibility index (Phi) is 4.17. The number of hydrazone groups is 1. The van der Waals surface area contributed by atoms with Crippen LogP contribution in [0.4, 0.5) is 5.69 Å². The van der Waals surface area contributed by atoms with Gasteiger partial charge in [0.25, 0.3) is 0 Å². The van der Waals surface area contributed by atoms with Gasteiger partial charge in [-0.25, -0.2) is 0 Å². The van der Waals surface area contributed by atoms with E-state index in [-0.39, 0.29) is 0 Å². The topological polar surface area (TPSA) is 28.1 Å². The van der Waals surface area contributed by atoms with Gasteiger partial charge in [-0.1, -0.05) is 0 Å². The number of hydrogen-bond acceptors (Lipinski definition) is 4. The molecule has 1 aromatic rings. The highest BCUT2D eigenvalue weighted by atomic mass is 16.5. The van der Waals surface area contributed by atoms with Gasteiger partial charge in [0.1, 0.15) is 5.75 Å². The van der Waals surface area contributed by atoms with E-state index in [1.54, 1.807) is 18.3 Å². The molecule has 0 heterocycles. The summed E-state index contributed by atoms with van der Waals surface area (Å²) in [6, 6.07) is 6.04. The molecule has 16 heavy (non-hydrogen) atoms. The highest BCUT2D eigenvalue weighted by Crippen LogP contribution is 2.23. The number of rotatable bonds is 4. The molecule has 0 atom stereocenters. The van der Waals surface area contributed by atoms with E-state index < -0.39 is 0 Å². The second-order valence-corrected chi connectivity index (χ2v) is 3.91. The van der Waals surface area contributed by atoms with Crippen molar-refractivity contribution in [2.75, 3.05) is 40.2 Å². The Bertz CT molecular complexity index is 373. The Morgan fingerprint density at radius 2 is 1.88 bits per heavy atom. The lowest BCUT2D eigenvalue weighted by molar-refractivity contribution is 0.413. The van der Waals surface area contributed by atoms with Crippen molar-refractivity contribution in [3.05, 3.63) is 23.8 Å². The standard InChI is InChI=1S/C12H19N3O/c1-14(2)11-7-6-10(9-13-15(3)4)12(8-11)16-5/h6-9H,1-5H3. The molecule has 4 nitrogen and oxygen atoms in total. The third kappa shape index (κ3) is 3.15. The van der Waals surface area contributed by atoms with E-state index in [0.717, 1.165) is 17.0 Å². The van der Waals surface area contributed by atoms with Gasteiger partial charge in [0.15, 0.2) is 0 Å². The SMILES string of the molecule is COc1cc(N(C)C)ccc1C=NN(C)C. The molecule has 88 valence electrons. The summed E-state index contributed by atoms with van der Waals surface area (Å²) in [5, 5.41) is 5.94. The summed E-state index contributed by atoms with van der Waals surface area (Å²) in [5.74, 6) is 0.830. The maximum Gasteiger partial charge on any atom is 0.129 e. The van der Waals surface area contributed by atoms with Crippen molar-refractivity contribution in [1.82, 2.24) is 5.01 Å². The van der Waals surface area contributed by atoms with Gasteiger partial charge in [0, 0.05) is 45.5 Å². The molecule has 0 aliphatic carbocycles. The van der Waals surface area contributed by atoms with Crippen molar-refractivity contribution in [1.29, 1.82) is 0 Å². The molecule has 0 aliphatic rings. The Hall–Kier alpha value is -1.71. The molecule has 1 rings (SSSR count). The molecule has 0 radical (unpaired) electrons. The average Bonchev–Trinajstić information content (AvgIpc) is 2.25. The van der Waals surface area contributed by atoms with E-state index in [1.807, 2.05) is 51.3 Å². The minimum Gasteiger partial charge on any atom is -0.496 e. The molecule has 0 saturated heterocycles. The van der Waals surface area contributed by atoms with Crippen LogP contribution in [-0.4, -0.2) is 46.5 Å². The van der Waals surface area contributed by atoms with Gasteiger partial charge < -0.3 is 14.6 Å². The molecule has 0 unspecified atom stereocenters. The van der Waals surface area contributed by atoms with E-state index in [2.05, 4.69) is 5.10 Å². The minimum absolute atomic E-state index is 0.830. The number of nitrogens with zero attached hydrogens (tertiary/aromatic N) is 3. The first-order valence-corrected chi connectivity index (χ1v) is 5.11. The fourth-order valence-electron chi connectivity index (χ4n) is 1.26. The van der Waals surface area contributed by atoms with E-state index >= 15 is 0 Å². The molecule has 0 N–H and O–H groups in total. The van der Waals surface area contributed by atoms with Crippen LogP contribution in [-0.2, 0) is 0 Å². The lowest BCUT2D eigenvalue weighted by Gasteiger charge is -2.14. The third-order valence-corrected chi connectivity index (χ3v) is 2.16. The quantitative estimate of drug-likeness (QED) is 0.571. The summed E-state index contributed by atoms with van der Waals surface area (Å²) in [5.41, 5.74) is 2.08. The van der Waals surface area contributed by atoms with Crippen LogP contribution in [0.5, 0.6) is 5.75 Å². The highest BCUT2D eigenvalue weighted by molar-refractivity contribution is 5.84. The van der Waals surface area contributed by atoms with E-state index in [0.29, 0.717) is 0 Å². The summed E-state index contributed by atoms with van der Waals surface area (Å²) in [6.45, 7) is 0. The van der Waals surface area contributed by atoms with Gasteiger partial charge in [-0.15, -0.1) is 0 Å². The van der Waals surface area contributed by atoms with Crippen molar-refractivity contribution >= 4 is 11.9 Å². The van der Waals surface area contributed by atoms with Crippen molar-refractivity contribution in [2.45, 2.75) is 0 Å². The molecule has 0 spiro atoms. The van der Waals surface area contributed by atoms with Gasteiger partial charge in [0.05, 0.1) is 13.3 Å². The van der Waals surface area contributed by atoms with Crippen LogP contribution in [0.3, 0.4) is 0 Å². The predicted molar refractivity (Wildman–Crippen MR) is 68.6 cm³/mol. The summed E-state index contributed by atoms with van der Waals surface area (Å²) >= 11 is 0. The smallest absolute Gasteiger partial charge is 0.129 e. The first-order chi connectivity index (χ1) is 7.54. The number of methoxy groups -OCH3 is 1. The molecular formula is C12H19N3O. The molecular weight excluding hydrogens is 202 g/mol. The summed E-state index contributed by atoms with van der Waals surface area (Å²) in [4.78, 5) is 2.04. The highest BCUT2D eigenvalue weighted by Gasteiger charge is 2.03. The summed E-state index contributed by atoms with van der Waals surface area (Å²) < 4.78 is 5.33. The van der Waals surface area contributed by atoms with Crippen LogP contribution in [0.1, 0.15) is 5.56 Å². The van der Waals surface area contributed by atoms with Crippen molar-refractivity contribution < 1.29 is 4.74 Å². The first kappa shape index (κ1) is 12.4. The zero-order chi connectivity index (χ0) is 12.1. The zero-order valence-electron chi connectivity index (χ0n) is 10.6. The fourth-order valence-corrected chi connectivity index (χ4v) is 1.26. The number of ether oxygens (including phenoxy) is 1. The molecule has 1 aromatic carbocycles. The molecule has 0 aliphatic heterocycles. The fraction of sp³-hybridized carbons (Fsp3) is 0.417. The summed E-state index contributed by atoms with van der Waals surface area (Å²) in [7, 11) is 9.45. The molecule has 0 aromatic heterocycles. The largest absolute Gasteiger partial charge is 0.496 e. The maximum absolute atomic E-state index is 5.33. The van der Waals surface area contributed by atoms with Gasteiger partial charge in [-0.2, -0.15) is 5.10 Å². The van der Waals surface area contributed by atoms with Gasteiger partial charge >= 0.3 is 0 Å². The van der Waals surface area contributed by atoms with Gasteiger partial charge in [-0.3, -0.25) is 0 Å². The average molecular weight is 221 g/mol. The van der Waals surface area contributed by atoms with Gasteiger partial charge in [-0.05, 0) is 12.1 Å². The predicted octanol–water partition coefficient (Wildman–Crippen LogP) is 1.66. The first-order valence-electron chi connectivity index (χ1n) is 5.11. The Balaban J connectivity index is 3.02. The van der Waals surface area contributed by atoms with Crippen LogP contribution in [0.25, 0.3) is 0 Å². The third-order valence-electron chi connectivity index (χ3n) is 2.16. The van der Waals surface area contributed by atoms with Crippen LogP contribution in [0, 0.1) is 0 Å². The number of hydrogen-bond donors (Lipinski definition) is 0. The van der Waals surface area contributed by atoms with E-state index in [9.17, 15) is 0 Å². The second-order valence-electron chi connectivity index (χ2n) is 3.91. The lowest BCUT2D eigenvalue weighted by Crippen LogP contribution is -2.09. The second kappa shape index (κ2) is 5.39. The number of anilines is 1. The van der Waals surface area contributed by atoms with E-state index in [4.69, 9.17) is 4.74 Å². The Labute approximate surface area is 97.1 Å². The minimum atomic E-state index is 0.830. The molecule has 0 fully saturated rings. The Morgan fingerprint density at radius 3 is 2.38 bits per heavy atom. The zero-order valence-corrected chi connectivity index (χ0v) is 10.6. The van der Waals surface area contributed by atoms with Gasteiger partial charge in [0.2, 0.25) is 0 Å². The molecule has 0 saturated carbocycles. The van der Waals surface area contributed by atoms with Crippen molar-refractivity contribution in [3.8, 4) is 5.75 Å². The van der Waals surface area contributed by atoms with Crippen molar-refractivity contribution in [3.63, 3.8) is 0 Å². The Morgan fingerprint density at radius 1 is 1.19 bits per heavy atom. The van der Waals surface area contributed by atoms with Crippen molar-refractivity contribution in [2.24, 2.45) is 5.10 Å².